The quantitative estimate of drug-likeness (QED) is 0.837. The highest BCUT2D eigenvalue weighted by Crippen LogP contribution is 2.25. The van der Waals surface area contributed by atoms with Gasteiger partial charge in [-0.2, -0.15) is 11.8 Å². The van der Waals surface area contributed by atoms with E-state index in [-0.39, 0.29) is 11.9 Å². The van der Waals surface area contributed by atoms with E-state index >= 15 is 0 Å². The topological polar surface area (TPSA) is 49.6 Å². The van der Waals surface area contributed by atoms with Crippen molar-refractivity contribution in [2.24, 2.45) is 5.73 Å². The average Bonchev–Trinajstić information content (AvgIpc) is 2.90. The summed E-state index contributed by atoms with van der Waals surface area (Å²) < 4.78 is 0. The minimum Gasteiger partial charge on any atom is -0.341 e. The van der Waals surface area contributed by atoms with E-state index in [2.05, 4.69) is 18.1 Å². The van der Waals surface area contributed by atoms with Crippen LogP contribution in [0.4, 0.5) is 0 Å². The van der Waals surface area contributed by atoms with Gasteiger partial charge in [0.1, 0.15) is 0 Å². The first-order chi connectivity index (χ1) is 9.63. The van der Waals surface area contributed by atoms with Crippen LogP contribution < -0.4 is 5.73 Å². The van der Waals surface area contributed by atoms with E-state index in [0.29, 0.717) is 6.04 Å². The van der Waals surface area contributed by atoms with Gasteiger partial charge in [0.15, 0.2) is 0 Å². The number of hydrogen-bond acceptors (Lipinski definition) is 4. The van der Waals surface area contributed by atoms with Crippen LogP contribution in [0.2, 0.25) is 0 Å². The molecule has 2 rings (SSSR count). The number of thioether (sulfide) groups is 1. The number of piperidine rings is 1. The Morgan fingerprint density at radius 2 is 2.00 bits per heavy atom. The summed E-state index contributed by atoms with van der Waals surface area (Å²) in [5.41, 5.74) is 6.00. The van der Waals surface area contributed by atoms with E-state index in [1.165, 1.54) is 19.4 Å². The Balaban J connectivity index is 1.77. The molecule has 0 saturated carbocycles. The first-order valence-electron chi connectivity index (χ1n) is 7.92. The fraction of sp³-hybridized carbons (Fsp3) is 0.933. The van der Waals surface area contributed by atoms with Gasteiger partial charge in [-0.05, 0) is 57.6 Å². The zero-order valence-electron chi connectivity index (χ0n) is 12.9. The predicted molar refractivity (Wildman–Crippen MR) is 86.0 cm³/mol. The molecule has 0 aliphatic carbocycles. The third kappa shape index (κ3) is 3.89. The van der Waals surface area contributed by atoms with Crippen molar-refractivity contribution in [1.82, 2.24) is 9.80 Å². The zero-order chi connectivity index (χ0) is 14.5. The van der Waals surface area contributed by atoms with E-state index in [1.807, 2.05) is 4.90 Å². The lowest BCUT2D eigenvalue weighted by molar-refractivity contribution is -0.134. The summed E-state index contributed by atoms with van der Waals surface area (Å²) in [7, 11) is 0. The SMILES string of the molecule is CSCC[C@@H](N)C(=O)N1CCC(N2CCC[C@H]2C)CC1. The second kappa shape index (κ2) is 7.66. The van der Waals surface area contributed by atoms with Gasteiger partial charge in [-0.3, -0.25) is 9.69 Å². The van der Waals surface area contributed by atoms with Gasteiger partial charge in [-0.15, -0.1) is 0 Å². The molecule has 2 aliphatic heterocycles. The lowest BCUT2D eigenvalue weighted by Gasteiger charge is -2.39. The zero-order valence-corrected chi connectivity index (χ0v) is 13.7. The third-order valence-corrected chi connectivity index (χ3v) is 5.44. The maximum absolute atomic E-state index is 12.3. The highest BCUT2D eigenvalue weighted by molar-refractivity contribution is 7.98. The molecule has 2 fully saturated rings. The Hall–Kier alpha value is -0.260. The molecule has 2 aliphatic rings. The van der Waals surface area contributed by atoms with Gasteiger partial charge in [0.25, 0.3) is 0 Å². The molecule has 0 aromatic carbocycles. The molecule has 2 atom stereocenters. The van der Waals surface area contributed by atoms with Crippen LogP contribution in [0.1, 0.15) is 39.0 Å². The molecule has 0 spiro atoms. The van der Waals surface area contributed by atoms with Crippen molar-refractivity contribution >= 4 is 17.7 Å². The van der Waals surface area contributed by atoms with E-state index in [0.717, 1.165) is 44.1 Å². The van der Waals surface area contributed by atoms with Crippen molar-refractivity contribution in [2.45, 2.75) is 57.2 Å². The number of likely N-dealkylation sites (tertiary alicyclic amines) is 2. The van der Waals surface area contributed by atoms with Crippen LogP contribution in [0.15, 0.2) is 0 Å². The van der Waals surface area contributed by atoms with Crippen molar-refractivity contribution in [1.29, 1.82) is 0 Å². The summed E-state index contributed by atoms with van der Waals surface area (Å²) in [6, 6.07) is 1.11. The summed E-state index contributed by atoms with van der Waals surface area (Å²) in [4.78, 5) is 16.9. The number of carbonyl (C=O) groups is 1. The van der Waals surface area contributed by atoms with E-state index in [1.54, 1.807) is 11.8 Å². The molecular weight excluding hydrogens is 270 g/mol. The molecule has 2 saturated heterocycles. The number of amides is 1. The van der Waals surface area contributed by atoms with Crippen LogP contribution in [-0.4, -0.2) is 65.5 Å². The molecule has 0 aromatic heterocycles. The molecule has 1 amide bonds. The fourth-order valence-electron chi connectivity index (χ4n) is 3.52. The van der Waals surface area contributed by atoms with Gasteiger partial charge >= 0.3 is 0 Å². The summed E-state index contributed by atoms with van der Waals surface area (Å²) >= 11 is 1.75. The maximum Gasteiger partial charge on any atom is 0.239 e. The van der Waals surface area contributed by atoms with E-state index < -0.39 is 0 Å². The lowest BCUT2D eigenvalue weighted by atomic mass is 10.0. The van der Waals surface area contributed by atoms with Gasteiger partial charge < -0.3 is 10.6 Å². The largest absolute Gasteiger partial charge is 0.341 e. The Morgan fingerprint density at radius 3 is 2.55 bits per heavy atom. The maximum atomic E-state index is 12.3. The van der Waals surface area contributed by atoms with Crippen molar-refractivity contribution in [2.75, 3.05) is 31.6 Å². The molecule has 20 heavy (non-hydrogen) atoms. The second-order valence-electron chi connectivity index (χ2n) is 6.17. The molecule has 5 heteroatoms. The van der Waals surface area contributed by atoms with Crippen LogP contribution >= 0.6 is 11.8 Å². The highest BCUT2D eigenvalue weighted by atomic mass is 32.2. The van der Waals surface area contributed by atoms with Gasteiger partial charge in [0, 0.05) is 25.2 Å². The molecule has 0 radical (unpaired) electrons. The summed E-state index contributed by atoms with van der Waals surface area (Å²) in [5, 5.41) is 0. The lowest BCUT2D eigenvalue weighted by Crippen LogP contribution is -2.51. The Bertz CT molecular complexity index is 318. The average molecular weight is 299 g/mol. The van der Waals surface area contributed by atoms with Crippen LogP contribution in [0.25, 0.3) is 0 Å². The van der Waals surface area contributed by atoms with Crippen LogP contribution in [0.5, 0.6) is 0 Å². The normalized spacial score (nSPS) is 26.9. The first-order valence-corrected chi connectivity index (χ1v) is 9.32. The standard InChI is InChI=1S/C15H29N3OS/c1-12-4-3-8-18(12)13-5-9-17(10-6-13)15(19)14(16)7-11-20-2/h12-14H,3-11,16H2,1-2H3/t12-,14-/m1/s1. The van der Waals surface area contributed by atoms with E-state index in [4.69, 9.17) is 5.73 Å². The van der Waals surface area contributed by atoms with Crippen molar-refractivity contribution in [3.63, 3.8) is 0 Å². The molecule has 2 N–H and O–H groups in total. The van der Waals surface area contributed by atoms with Gasteiger partial charge in [-0.25, -0.2) is 0 Å². The van der Waals surface area contributed by atoms with Crippen LogP contribution in [0.3, 0.4) is 0 Å². The second-order valence-corrected chi connectivity index (χ2v) is 7.16. The number of nitrogens with two attached hydrogens (primary N) is 1. The molecule has 116 valence electrons. The van der Waals surface area contributed by atoms with E-state index in [9.17, 15) is 4.79 Å². The predicted octanol–water partition coefficient (Wildman–Crippen LogP) is 1.54. The molecule has 0 aromatic rings. The minimum atomic E-state index is -0.301. The molecule has 4 nitrogen and oxygen atoms in total. The van der Waals surface area contributed by atoms with Crippen molar-refractivity contribution in [3.05, 3.63) is 0 Å². The fourth-order valence-corrected chi connectivity index (χ4v) is 4.01. The molecule has 2 heterocycles. The number of hydrogen-bond donors (Lipinski definition) is 1. The summed E-state index contributed by atoms with van der Waals surface area (Å²) in [6.07, 6.45) is 7.75. The van der Waals surface area contributed by atoms with Crippen molar-refractivity contribution < 1.29 is 4.79 Å². The Morgan fingerprint density at radius 1 is 1.30 bits per heavy atom. The summed E-state index contributed by atoms with van der Waals surface area (Å²) in [6.45, 7) is 5.36. The number of rotatable bonds is 5. The molecular formula is C15H29N3OS. The monoisotopic (exact) mass is 299 g/mol. The third-order valence-electron chi connectivity index (χ3n) is 4.80. The first kappa shape index (κ1) is 16.1. The van der Waals surface area contributed by atoms with Crippen LogP contribution in [0, 0.1) is 0 Å². The Kier molecular flexibility index (Phi) is 6.18. The molecule has 0 unspecified atom stereocenters. The van der Waals surface area contributed by atoms with Gasteiger partial charge in [-0.1, -0.05) is 0 Å². The number of nitrogens with zero attached hydrogens (tertiary/aromatic N) is 2. The Labute approximate surface area is 127 Å². The van der Waals surface area contributed by atoms with Gasteiger partial charge in [0.05, 0.1) is 6.04 Å². The smallest absolute Gasteiger partial charge is 0.239 e. The summed E-state index contributed by atoms with van der Waals surface area (Å²) in [5.74, 6) is 1.13. The highest BCUT2D eigenvalue weighted by Gasteiger charge is 2.32. The van der Waals surface area contributed by atoms with Crippen LogP contribution in [-0.2, 0) is 4.79 Å². The number of carbonyl (C=O) groups excluding carboxylic acids is 1. The van der Waals surface area contributed by atoms with Gasteiger partial charge in [0.2, 0.25) is 5.91 Å². The minimum absolute atomic E-state index is 0.159. The van der Waals surface area contributed by atoms with Crippen molar-refractivity contribution in [3.8, 4) is 0 Å². The molecule has 0 bridgehead atoms.